The van der Waals surface area contributed by atoms with Crippen molar-refractivity contribution in [1.82, 2.24) is 4.98 Å². The molecule has 1 aromatic heterocycles. The third kappa shape index (κ3) is 3.53. The summed E-state index contributed by atoms with van der Waals surface area (Å²) in [5.74, 6) is 0.852. The minimum absolute atomic E-state index is 0.270. The summed E-state index contributed by atoms with van der Waals surface area (Å²) < 4.78 is 28.8. The summed E-state index contributed by atoms with van der Waals surface area (Å²) in [6.45, 7) is 0. The van der Waals surface area contributed by atoms with E-state index < -0.39 is 9.84 Å². The van der Waals surface area contributed by atoms with Gasteiger partial charge in [-0.1, -0.05) is 25.0 Å². The largest absolute Gasteiger partial charge is 0.497 e. The number of allylic oxidation sites excluding steroid dienone is 2. The number of ether oxygens (including phenoxy) is 1. The van der Waals surface area contributed by atoms with E-state index in [-0.39, 0.29) is 4.90 Å². The molecule has 4 nitrogen and oxygen atoms in total. The maximum absolute atomic E-state index is 11.8. The van der Waals surface area contributed by atoms with Crippen molar-refractivity contribution >= 4 is 21.0 Å². The Morgan fingerprint density at radius 2 is 1.63 bits per heavy atom. The van der Waals surface area contributed by atoms with Gasteiger partial charge < -0.3 is 4.74 Å². The number of pyridine rings is 1. The van der Waals surface area contributed by atoms with Crippen molar-refractivity contribution < 1.29 is 13.2 Å². The van der Waals surface area contributed by atoms with Gasteiger partial charge in [0.1, 0.15) is 5.75 Å². The van der Waals surface area contributed by atoms with Gasteiger partial charge in [-0.25, -0.2) is 8.42 Å². The molecule has 0 radical (unpaired) electrons. The number of aromatic nitrogens is 1. The zero-order valence-electron chi connectivity index (χ0n) is 15.9. The van der Waals surface area contributed by atoms with Crippen LogP contribution in [0.15, 0.2) is 47.5 Å². The molecule has 0 saturated heterocycles. The van der Waals surface area contributed by atoms with Crippen LogP contribution in [0.3, 0.4) is 0 Å². The fraction of sp³-hybridized carbons (Fsp3) is 0.409. The molecule has 4 rings (SSSR count). The van der Waals surface area contributed by atoms with Crippen LogP contribution in [0.5, 0.6) is 5.75 Å². The van der Waals surface area contributed by atoms with Gasteiger partial charge >= 0.3 is 0 Å². The van der Waals surface area contributed by atoms with Crippen molar-refractivity contribution in [2.45, 2.75) is 43.4 Å². The standard InChI is InChI=1S/C22H25NO3S/c1-26-17-7-5-16(6-8-17)19-13-22(11-3-4-12-22)14-20(19)21-10-9-18(15-23-21)27(2,24)25/h5-10,15H,3-4,11-14H2,1-2H3. The van der Waals surface area contributed by atoms with Gasteiger partial charge in [-0.15, -0.1) is 0 Å². The molecule has 0 amide bonds. The number of benzene rings is 1. The predicted molar refractivity (Wildman–Crippen MR) is 107 cm³/mol. The van der Waals surface area contributed by atoms with Crippen molar-refractivity contribution in [3.05, 3.63) is 53.9 Å². The highest BCUT2D eigenvalue weighted by Gasteiger charge is 2.41. The molecule has 2 aliphatic rings. The van der Waals surface area contributed by atoms with E-state index in [2.05, 4.69) is 17.1 Å². The zero-order valence-corrected chi connectivity index (χ0v) is 16.7. The molecule has 27 heavy (non-hydrogen) atoms. The predicted octanol–water partition coefficient (Wildman–Crippen LogP) is 4.76. The molecular weight excluding hydrogens is 358 g/mol. The van der Waals surface area contributed by atoms with E-state index in [4.69, 9.17) is 4.74 Å². The number of methoxy groups -OCH3 is 1. The smallest absolute Gasteiger partial charge is 0.177 e. The SMILES string of the molecule is COc1ccc(C2=C(c3ccc(S(C)(=O)=O)cn3)CC3(CCCC3)C2)cc1. The summed E-state index contributed by atoms with van der Waals surface area (Å²) >= 11 is 0. The molecular formula is C22H25NO3S. The molecule has 142 valence electrons. The fourth-order valence-corrected chi connectivity index (χ4v) is 5.16. The Balaban J connectivity index is 1.76. The molecule has 0 bridgehead atoms. The van der Waals surface area contributed by atoms with E-state index in [1.807, 2.05) is 18.2 Å². The summed E-state index contributed by atoms with van der Waals surface area (Å²) in [7, 11) is -1.55. The summed E-state index contributed by atoms with van der Waals surface area (Å²) in [6, 6.07) is 11.8. The second-order valence-corrected chi connectivity index (χ2v) is 9.91. The van der Waals surface area contributed by atoms with Crippen molar-refractivity contribution in [2.24, 2.45) is 5.41 Å². The number of hydrogen-bond acceptors (Lipinski definition) is 4. The Kier molecular flexibility index (Phi) is 4.58. The minimum atomic E-state index is -3.23. The van der Waals surface area contributed by atoms with Crippen LogP contribution in [-0.4, -0.2) is 26.8 Å². The number of hydrogen-bond donors (Lipinski definition) is 0. The van der Waals surface area contributed by atoms with Gasteiger partial charge in [-0.2, -0.15) is 0 Å². The normalized spacial score (nSPS) is 19.0. The number of rotatable bonds is 4. The molecule has 0 atom stereocenters. The first kappa shape index (κ1) is 18.2. The Morgan fingerprint density at radius 3 is 2.19 bits per heavy atom. The van der Waals surface area contributed by atoms with Crippen LogP contribution in [-0.2, 0) is 9.84 Å². The van der Waals surface area contributed by atoms with Crippen LogP contribution in [0.25, 0.3) is 11.1 Å². The lowest BCUT2D eigenvalue weighted by molar-refractivity contribution is 0.329. The van der Waals surface area contributed by atoms with Crippen molar-refractivity contribution in [3.8, 4) is 5.75 Å². The summed E-state index contributed by atoms with van der Waals surface area (Å²) in [4.78, 5) is 4.80. The van der Waals surface area contributed by atoms with E-state index in [0.717, 1.165) is 24.3 Å². The number of sulfone groups is 1. The summed E-state index contributed by atoms with van der Waals surface area (Å²) in [6.07, 6.45) is 9.92. The summed E-state index contributed by atoms with van der Waals surface area (Å²) in [5.41, 5.74) is 5.07. The third-order valence-corrected chi connectivity index (χ3v) is 7.14. The van der Waals surface area contributed by atoms with Crippen LogP contribution < -0.4 is 4.74 Å². The van der Waals surface area contributed by atoms with E-state index in [9.17, 15) is 8.42 Å². The first-order valence-corrected chi connectivity index (χ1v) is 11.3. The lowest BCUT2D eigenvalue weighted by Crippen LogP contribution is -2.11. The van der Waals surface area contributed by atoms with E-state index in [1.54, 1.807) is 13.2 Å². The van der Waals surface area contributed by atoms with Gasteiger partial charge in [0.15, 0.2) is 9.84 Å². The number of nitrogens with zero attached hydrogens (tertiary/aromatic N) is 1. The molecule has 0 unspecified atom stereocenters. The van der Waals surface area contributed by atoms with E-state index in [1.165, 1.54) is 54.8 Å². The second-order valence-electron chi connectivity index (χ2n) is 7.90. The van der Waals surface area contributed by atoms with Crippen LogP contribution >= 0.6 is 0 Å². The van der Waals surface area contributed by atoms with E-state index >= 15 is 0 Å². The van der Waals surface area contributed by atoms with E-state index in [0.29, 0.717) is 5.41 Å². The molecule has 0 N–H and O–H groups in total. The van der Waals surface area contributed by atoms with Gasteiger partial charge in [0, 0.05) is 12.5 Å². The van der Waals surface area contributed by atoms with Gasteiger partial charge in [0.05, 0.1) is 17.7 Å². The minimum Gasteiger partial charge on any atom is -0.497 e. The van der Waals surface area contributed by atoms with Crippen LogP contribution in [0.4, 0.5) is 0 Å². The molecule has 1 saturated carbocycles. The highest BCUT2D eigenvalue weighted by Crippen LogP contribution is 2.57. The average Bonchev–Trinajstić information content (AvgIpc) is 3.28. The fourth-order valence-electron chi connectivity index (χ4n) is 4.60. The maximum Gasteiger partial charge on any atom is 0.177 e. The van der Waals surface area contributed by atoms with Crippen molar-refractivity contribution in [2.75, 3.05) is 13.4 Å². The van der Waals surface area contributed by atoms with Crippen molar-refractivity contribution in [1.29, 1.82) is 0 Å². The second kappa shape index (κ2) is 6.79. The molecule has 1 fully saturated rings. The van der Waals surface area contributed by atoms with Crippen LogP contribution in [0, 0.1) is 5.41 Å². The first-order chi connectivity index (χ1) is 12.9. The molecule has 1 heterocycles. The van der Waals surface area contributed by atoms with Gasteiger partial charge in [0.25, 0.3) is 0 Å². The molecule has 2 aliphatic carbocycles. The Morgan fingerprint density at radius 1 is 0.963 bits per heavy atom. The molecule has 5 heteroatoms. The van der Waals surface area contributed by atoms with Crippen molar-refractivity contribution in [3.63, 3.8) is 0 Å². The highest BCUT2D eigenvalue weighted by molar-refractivity contribution is 7.90. The quantitative estimate of drug-likeness (QED) is 0.764. The first-order valence-electron chi connectivity index (χ1n) is 9.43. The zero-order chi connectivity index (χ0) is 19.1. The van der Waals surface area contributed by atoms with Gasteiger partial charge in [-0.05, 0) is 72.1 Å². The third-order valence-electron chi connectivity index (χ3n) is 6.04. The lowest BCUT2D eigenvalue weighted by Gasteiger charge is -2.23. The van der Waals surface area contributed by atoms with Gasteiger partial charge in [-0.3, -0.25) is 4.98 Å². The maximum atomic E-state index is 11.8. The Bertz CT molecular complexity index is 967. The Labute approximate surface area is 161 Å². The van der Waals surface area contributed by atoms with Crippen LogP contribution in [0.1, 0.15) is 49.8 Å². The van der Waals surface area contributed by atoms with Gasteiger partial charge in [0.2, 0.25) is 0 Å². The average molecular weight is 384 g/mol. The molecule has 1 spiro atoms. The topological polar surface area (TPSA) is 56.3 Å². The molecule has 0 aliphatic heterocycles. The summed E-state index contributed by atoms with van der Waals surface area (Å²) in [5, 5.41) is 0. The highest BCUT2D eigenvalue weighted by atomic mass is 32.2. The monoisotopic (exact) mass is 383 g/mol. The lowest BCUT2D eigenvalue weighted by atomic mass is 9.81. The molecule has 1 aromatic carbocycles. The molecule has 2 aromatic rings. The van der Waals surface area contributed by atoms with Crippen LogP contribution in [0.2, 0.25) is 0 Å². The Hall–Kier alpha value is -2.14.